The summed E-state index contributed by atoms with van der Waals surface area (Å²) in [7, 11) is 0. The molecule has 162 valence electrons. The van der Waals surface area contributed by atoms with Crippen LogP contribution in [0.15, 0.2) is 61.4 Å². The molecule has 0 atom stereocenters. The molecule has 0 aliphatic carbocycles. The minimum atomic E-state index is -4.61. The molecule has 12 heteroatoms. The summed E-state index contributed by atoms with van der Waals surface area (Å²) in [5.41, 5.74) is -0.778. The Hall–Kier alpha value is -3.96. The summed E-state index contributed by atoms with van der Waals surface area (Å²) in [6.07, 6.45) is -3.13. The van der Waals surface area contributed by atoms with Crippen molar-refractivity contribution < 1.29 is 26.3 Å². The third kappa shape index (κ3) is 4.38. The van der Waals surface area contributed by atoms with Crippen molar-refractivity contribution in [2.45, 2.75) is 12.4 Å². The van der Waals surface area contributed by atoms with E-state index in [9.17, 15) is 26.3 Å². The maximum absolute atomic E-state index is 12.9. The predicted molar refractivity (Wildman–Crippen MR) is 99.5 cm³/mol. The lowest BCUT2D eigenvalue weighted by Gasteiger charge is -2.12. The first-order chi connectivity index (χ1) is 15.1. The van der Waals surface area contributed by atoms with Gasteiger partial charge in [0.25, 0.3) is 0 Å². The Labute approximate surface area is 176 Å². The molecule has 0 amide bonds. The van der Waals surface area contributed by atoms with Crippen molar-refractivity contribution in [3.63, 3.8) is 0 Å². The van der Waals surface area contributed by atoms with Gasteiger partial charge in [0, 0.05) is 41.5 Å². The maximum Gasteiger partial charge on any atom is 0.433 e. The van der Waals surface area contributed by atoms with E-state index in [1.807, 2.05) is 0 Å². The van der Waals surface area contributed by atoms with Gasteiger partial charge in [0.05, 0.1) is 11.4 Å². The van der Waals surface area contributed by atoms with Gasteiger partial charge in [0.2, 0.25) is 0 Å². The molecule has 0 bridgehead atoms. The Bertz CT molecular complexity index is 1220. The summed E-state index contributed by atoms with van der Waals surface area (Å²) in [5, 5.41) is 0. The first kappa shape index (κ1) is 21.3. The smallest absolute Gasteiger partial charge is 0.251 e. The number of nitrogens with zero attached hydrogens (tertiary/aromatic N) is 6. The van der Waals surface area contributed by atoms with Gasteiger partial charge in [-0.3, -0.25) is 9.97 Å². The molecule has 0 aliphatic rings. The highest BCUT2D eigenvalue weighted by atomic mass is 19.4. The molecule has 4 rings (SSSR count). The van der Waals surface area contributed by atoms with E-state index in [-0.39, 0.29) is 22.6 Å². The minimum Gasteiger partial charge on any atom is -0.251 e. The normalized spacial score (nSPS) is 12.1. The summed E-state index contributed by atoms with van der Waals surface area (Å²) in [5.74, 6) is 0.0268. The van der Waals surface area contributed by atoms with Crippen molar-refractivity contribution in [2.24, 2.45) is 0 Å². The van der Waals surface area contributed by atoms with Gasteiger partial charge < -0.3 is 0 Å². The highest BCUT2D eigenvalue weighted by molar-refractivity contribution is 5.79. The molecule has 6 nitrogen and oxygen atoms in total. The van der Waals surface area contributed by atoms with Gasteiger partial charge >= 0.3 is 12.4 Å². The lowest BCUT2D eigenvalue weighted by Crippen LogP contribution is -2.08. The standard InChI is InChI=1S/C20H10F6N6/c21-19(22,23)15-3-1-11(7-28-15)17-13(14-5-6-27-10-31-14)9-30-18(32-17)12-2-4-16(29-8-12)20(24,25)26/h1-10H. The van der Waals surface area contributed by atoms with Crippen LogP contribution in [0.4, 0.5) is 26.3 Å². The zero-order valence-electron chi connectivity index (χ0n) is 15.7. The van der Waals surface area contributed by atoms with Gasteiger partial charge in [0.15, 0.2) is 5.82 Å². The fourth-order valence-corrected chi connectivity index (χ4v) is 2.77. The summed E-state index contributed by atoms with van der Waals surface area (Å²) in [6, 6.07) is 5.50. The molecular weight excluding hydrogens is 438 g/mol. The van der Waals surface area contributed by atoms with E-state index >= 15 is 0 Å². The molecule has 0 spiro atoms. The molecule has 4 heterocycles. The number of aromatic nitrogens is 6. The maximum atomic E-state index is 12.9. The quantitative estimate of drug-likeness (QED) is 0.406. The topological polar surface area (TPSA) is 77.3 Å². The molecular formula is C20H10F6N6. The molecule has 0 saturated heterocycles. The minimum absolute atomic E-state index is 0.0268. The second-order valence-electron chi connectivity index (χ2n) is 6.41. The van der Waals surface area contributed by atoms with E-state index in [4.69, 9.17) is 0 Å². The molecule has 4 aromatic heterocycles. The molecule has 0 unspecified atom stereocenters. The Morgan fingerprint density at radius 1 is 0.625 bits per heavy atom. The number of rotatable bonds is 3. The van der Waals surface area contributed by atoms with Crippen molar-refractivity contribution in [3.05, 3.63) is 72.8 Å². The molecule has 0 saturated carbocycles. The van der Waals surface area contributed by atoms with Crippen LogP contribution in [0.25, 0.3) is 33.9 Å². The molecule has 4 aromatic rings. The van der Waals surface area contributed by atoms with Crippen molar-refractivity contribution in [2.75, 3.05) is 0 Å². The van der Waals surface area contributed by atoms with E-state index in [1.54, 1.807) is 6.07 Å². The van der Waals surface area contributed by atoms with Crippen molar-refractivity contribution in [1.29, 1.82) is 0 Å². The van der Waals surface area contributed by atoms with Crippen LogP contribution in [0.2, 0.25) is 0 Å². The molecule has 0 fully saturated rings. The lowest BCUT2D eigenvalue weighted by molar-refractivity contribution is -0.141. The van der Waals surface area contributed by atoms with Crippen molar-refractivity contribution in [1.82, 2.24) is 29.9 Å². The number of halogens is 6. The fourth-order valence-electron chi connectivity index (χ4n) is 2.77. The van der Waals surface area contributed by atoms with Crippen molar-refractivity contribution in [3.8, 4) is 33.9 Å². The SMILES string of the molecule is FC(F)(F)c1ccc(-c2ncc(-c3ccncn3)c(-c3ccc(C(F)(F)F)nc3)n2)cn1. The van der Waals surface area contributed by atoms with Crippen LogP contribution >= 0.6 is 0 Å². The number of hydrogen-bond donors (Lipinski definition) is 0. The summed E-state index contributed by atoms with van der Waals surface area (Å²) in [4.78, 5) is 23.3. The average molecular weight is 448 g/mol. The van der Waals surface area contributed by atoms with Gasteiger partial charge in [-0.15, -0.1) is 0 Å². The molecule has 32 heavy (non-hydrogen) atoms. The molecule has 0 N–H and O–H groups in total. The molecule has 0 aliphatic heterocycles. The first-order valence-electron chi connectivity index (χ1n) is 8.83. The van der Waals surface area contributed by atoms with Crippen LogP contribution in [-0.2, 0) is 12.4 Å². The van der Waals surface area contributed by atoms with Gasteiger partial charge in [-0.1, -0.05) is 0 Å². The van der Waals surface area contributed by atoms with E-state index in [2.05, 4.69) is 29.9 Å². The third-order valence-electron chi connectivity index (χ3n) is 4.29. The fraction of sp³-hybridized carbons (Fsp3) is 0.100. The van der Waals surface area contributed by atoms with Crippen LogP contribution in [0.5, 0.6) is 0 Å². The number of pyridine rings is 2. The summed E-state index contributed by atoms with van der Waals surface area (Å²) >= 11 is 0. The van der Waals surface area contributed by atoms with Crippen LogP contribution < -0.4 is 0 Å². The van der Waals surface area contributed by atoms with E-state index in [0.29, 0.717) is 11.3 Å². The second kappa shape index (κ2) is 7.94. The average Bonchev–Trinajstić information content (AvgIpc) is 2.78. The summed E-state index contributed by atoms with van der Waals surface area (Å²) < 4.78 is 76.9. The van der Waals surface area contributed by atoms with Crippen LogP contribution in [0.3, 0.4) is 0 Å². The van der Waals surface area contributed by atoms with Gasteiger partial charge in [-0.05, 0) is 30.3 Å². The van der Waals surface area contributed by atoms with Gasteiger partial charge in [-0.25, -0.2) is 19.9 Å². The van der Waals surface area contributed by atoms with E-state index in [1.165, 1.54) is 24.8 Å². The van der Waals surface area contributed by atoms with Crippen LogP contribution in [-0.4, -0.2) is 29.9 Å². The predicted octanol–water partition coefficient (Wildman–Crippen LogP) is 5.10. The van der Waals surface area contributed by atoms with Crippen molar-refractivity contribution >= 4 is 0 Å². The van der Waals surface area contributed by atoms with E-state index < -0.39 is 23.7 Å². The Balaban J connectivity index is 1.82. The Morgan fingerprint density at radius 2 is 1.25 bits per heavy atom. The van der Waals surface area contributed by atoms with Crippen LogP contribution in [0, 0.1) is 0 Å². The zero-order valence-corrected chi connectivity index (χ0v) is 15.7. The number of hydrogen-bond acceptors (Lipinski definition) is 6. The number of alkyl halides is 6. The Kier molecular flexibility index (Phi) is 5.28. The highest BCUT2D eigenvalue weighted by Crippen LogP contribution is 2.33. The first-order valence-corrected chi connectivity index (χ1v) is 8.83. The molecule has 0 aromatic carbocycles. The van der Waals surface area contributed by atoms with E-state index in [0.717, 1.165) is 30.6 Å². The molecule has 0 radical (unpaired) electrons. The Morgan fingerprint density at radius 3 is 1.75 bits per heavy atom. The third-order valence-corrected chi connectivity index (χ3v) is 4.29. The van der Waals surface area contributed by atoms with Gasteiger partial charge in [0.1, 0.15) is 17.7 Å². The zero-order chi connectivity index (χ0) is 22.9. The largest absolute Gasteiger partial charge is 0.433 e. The second-order valence-corrected chi connectivity index (χ2v) is 6.41. The van der Waals surface area contributed by atoms with Gasteiger partial charge in [-0.2, -0.15) is 26.3 Å². The lowest BCUT2D eigenvalue weighted by atomic mass is 10.1. The highest BCUT2D eigenvalue weighted by Gasteiger charge is 2.33. The monoisotopic (exact) mass is 448 g/mol. The van der Waals surface area contributed by atoms with Crippen LogP contribution in [0.1, 0.15) is 11.4 Å². The summed E-state index contributed by atoms with van der Waals surface area (Å²) in [6.45, 7) is 0.